The Hall–Kier alpha value is -2.10. The molecule has 0 radical (unpaired) electrons. The number of rotatable bonds is 10. The van der Waals surface area contributed by atoms with E-state index in [1.807, 2.05) is 30.5 Å². The highest BCUT2D eigenvalue weighted by Gasteiger charge is 2.21. The third-order valence-electron chi connectivity index (χ3n) is 3.97. The molecular formula is C19H24Cl2N4O4S. The van der Waals surface area contributed by atoms with Gasteiger partial charge in [0.15, 0.2) is 0 Å². The van der Waals surface area contributed by atoms with Crippen LogP contribution in [-0.2, 0) is 22.4 Å². The zero-order valence-electron chi connectivity index (χ0n) is 16.7. The van der Waals surface area contributed by atoms with Gasteiger partial charge in [0, 0.05) is 21.4 Å². The molecule has 2 aromatic rings. The molecular weight excluding hydrogens is 451 g/mol. The van der Waals surface area contributed by atoms with Gasteiger partial charge in [-0.1, -0.05) is 48.8 Å². The van der Waals surface area contributed by atoms with Crippen molar-refractivity contribution in [1.82, 2.24) is 9.55 Å². The highest BCUT2D eigenvalue weighted by molar-refractivity contribution is 7.99. The minimum atomic E-state index is -0.841. The molecule has 0 bridgehead atoms. The van der Waals surface area contributed by atoms with E-state index in [4.69, 9.17) is 49.1 Å². The predicted octanol–water partition coefficient (Wildman–Crippen LogP) is 4.59. The number of benzene rings is 1. The average Bonchev–Trinajstić information content (AvgIpc) is 2.95. The SMILES string of the molecule is CC(C)c1nc(CCCOC(N)=O)n(CCOC(N)=O)c1Sc1cc(Cl)cc(Cl)c1. The van der Waals surface area contributed by atoms with Crippen LogP contribution in [0.15, 0.2) is 28.1 Å². The molecule has 0 aliphatic carbocycles. The van der Waals surface area contributed by atoms with Gasteiger partial charge < -0.3 is 25.5 Å². The van der Waals surface area contributed by atoms with E-state index in [9.17, 15) is 9.59 Å². The second-order valence-corrected chi connectivity index (χ2v) is 8.61. The van der Waals surface area contributed by atoms with Gasteiger partial charge in [-0.3, -0.25) is 0 Å². The number of primary amides is 2. The Bertz CT molecular complexity index is 885. The van der Waals surface area contributed by atoms with E-state index in [-0.39, 0.29) is 19.1 Å². The second kappa shape index (κ2) is 11.3. The Kier molecular flexibility index (Phi) is 9.13. The van der Waals surface area contributed by atoms with E-state index in [2.05, 4.69) is 0 Å². The van der Waals surface area contributed by atoms with Gasteiger partial charge in [-0.05, 0) is 30.5 Å². The summed E-state index contributed by atoms with van der Waals surface area (Å²) < 4.78 is 11.7. The molecule has 0 saturated heterocycles. The van der Waals surface area contributed by atoms with Crippen molar-refractivity contribution >= 4 is 47.2 Å². The first kappa shape index (κ1) is 24.2. The molecule has 30 heavy (non-hydrogen) atoms. The van der Waals surface area contributed by atoms with Gasteiger partial charge in [-0.2, -0.15) is 0 Å². The maximum Gasteiger partial charge on any atom is 0.404 e. The molecule has 0 unspecified atom stereocenters. The third-order valence-corrected chi connectivity index (χ3v) is 5.50. The number of nitrogens with zero attached hydrogens (tertiary/aromatic N) is 2. The van der Waals surface area contributed by atoms with Crippen molar-refractivity contribution in [3.8, 4) is 0 Å². The molecule has 8 nitrogen and oxygen atoms in total. The van der Waals surface area contributed by atoms with Crippen LogP contribution in [0.5, 0.6) is 0 Å². The topological polar surface area (TPSA) is 122 Å². The molecule has 4 N–H and O–H groups in total. The van der Waals surface area contributed by atoms with E-state index in [0.717, 1.165) is 21.4 Å². The highest BCUT2D eigenvalue weighted by atomic mass is 35.5. The molecule has 164 valence electrons. The normalized spacial score (nSPS) is 11.0. The summed E-state index contributed by atoms with van der Waals surface area (Å²) in [5, 5.41) is 1.95. The van der Waals surface area contributed by atoms with Crippen molar-refractivity contribution in [3.05, 3.63) is 39.8 Å². The van der Waals surface area contributed by atoms with Crippen LogP contribution in [0.3, 0.4) is 0 Å². The van der Waals surface area contributed by atoms with Gasteiger partial charge >= 0.3 is 12.2 Å². The van der Waals surface area contributed by atoms with Crippen molar-refractivity contribution in [3.63, 3.8) is 0 Å². The molecule has 1 aromatic carbocycles. The summed E-state index contributed by atoms with van der Waals surface area (Å²) in [7, 11) is 0. The molecule has 0 aliphatic heterocycles. The van der Waals surface area contributed by atoms with Gasteiger partial charge in [0.2, 0.25) is 0 Å². The van der Waals surface area contributed by atoms with Crippen molar-refractivity contribution in [2.45, 2.75) is 49.1 Å². The first-order valence-electron chi connectivity index (χ1n) is 9.25. The van der Waals surface area contributed by atoms with Crippen molar-refractivity contribution < 1.29 is 19.1 Å². The fourth-order valence-corrected chi connectivity index (χ4v) is 4.69. The molecule has 0 atom stereocenters. The number of carbonyl (C=O) groups is 2. The minimum absolute atomic E-state index is 0.0951. The lowest BCUT2D eigenvalue weighted by molar-refractivity contribution is 0.151. The lowest BCUT2D eigenvalue weighted by Crippen LogP contribution is -2.18. The highest BCUT2D eigenvalue weighted by Crippen LogP contribution is 2.37. The van der Waals surface area contributed by atoms with Crippen LogP contribution in [0.4, 0.5) is 9.59 Å². The van der Waals surface area contributed by atoms with Gasteiger partial charge in [0.1, 0.15) is 17.5 Å². The number of ether oxygens (including phenoxy) is 2. The molecule has 2 rings (SSSR count). The Labute approximate surface area is 189 Å². The molecule has 11 heteroatoms. The number of hydrogen-bond acceptors (Lipinski definition) is 6. The number of carbonyl (C=O) groups excluding carboxylic acids is 2. The molecule has 1 heterocycles. The number of aromatic nitrogens is 2. The van der Waals surface area contributed by atoms with E-state index < -0.39 is 12.2 Å². The molecule has 0 spiro atoms. The summed E-state index contributed by atoms with van der Waals surface area (Å²) >= 11 is 13.8. The standard InChI is InChI=1S/C19H24Cl2N4O4S/c1-11(2)16-17(30-14-9-12(20)8-13(21)10-14)25(5-7-29-19(23)27)15(24-16)4-3-6-28-18(22)26/h8-11H,3-7H2,1-2H3,(H2,22,26)(H2,23,27). The maximum absolute atomic E-state index is 11.0. The van der Waals surface area contributed by atoms with E-state index in [0.29, 0.717) is 29.4 Å². The quantitative estimate of drug-likeness (QED) is 0.485. The van der Waals surface area contributed by atoms with Crippen LogP contribution in [-0.4, -0.2) is 35.0 Å². The lowest BCUT2D eigenvalue weighted by Gasteiger charge is -2.13. The monoisotopic (exact) mass is 474 g/mol. The Balaban J connectivity index is 2.36. The summed E-state index contributed by atoms with van der Waals surface area (Å²) in [6, 6.07) is 5.30. The number of aryl methyl sites for hydroxylation is 1. The van der Waals surface area contributed by atoms with Gasteiger partial charge in [-0.25, -0.2) is 14.6 Å². The fraction of sp³-hybridized carbons (Fsp3) is 0.421. The van der Waals surface area contributed by atoms with Gasteiger partial charge in [-0.15, -0.1) is 0 Å². The van der Waals surface area contributed by atoms with Crippen molar-refractivity contribution in [1.29, 1.82) is 0 Å². The predicted molar refractivity (Wildman–Crippen MR) is 116 cm³/mol. The van der Waals surface area contributed by atoms with Gasteiger partial charge in [0.05, 0.1) is 18.8 Å². The van der Waals surface area contributed by atoms with Crippen LogP contribution >= 0.6 is 35.0 Å². The first-order valence-corrected chi connectivity index (χ1v) is 10.8. The molecule has 0 fully saturated rings. The van der Waals surface area contributed by atoms with Crippen LogP contribution in [0.1, 0.15) is 37.7 Å². The molecule has 0 aliphatic rings. The van der Waals surface area contributed by atoms with E-state index in [1.165, 1.54) is 11.8 Å². The summed E-state index contributed by atoms with van der Waals surface area (Å²) in [5.74, 6) is 0.913. The first-order chi connectivity index (χ1) is 14.2. The Morgan fingerprint density at radius 3 is 2.27 bits per heavy atom. The second-order valence-electron chi connectivity index (χ2n) is 6.67. The van der Waals surface area contributed by atoms with Gasteiger partial charge in [0.25, 0.3) is 0 Å². The number of imidazole rings is 1. The van der Waals surface area contributed by atoms with Crippen molar-refractivity contribution in [2.24, 2.45) is 11.5 Å². The van der Waals surface area contributed by atoms with Crippen LogP contribution < -0.4 is 11.5 Å². The number of hydrogen-bond donors (Lipinski definition) is 2. The summed E-state index contributed by atoms with van der Waals surface area (Å²) in [6.07, 6.45) is -0.571. The maximum atomic E-state index is 11.0. The summed E-state index contributed by atoms with van der Waals surface area (Å²) in [4.78, 5) is 27.4. The van der Waals surface area contributed by atoms with E-state index >= 15 is 0 Å². The lowest BCUT2D eigenvalue weighted by atomic mass is 10.1. The largest absolute Gasteiger partial charge is 0.450 e. The Morgan fingerprint density at radius 1 is 1.10 bits per heavy atom. The molecule has 0 saturated carbocycles. The van der Waals surface area contributed by atoms with Crippen LogP contribution in [0.2, 0.25) is 10.0 Å². The Morgan fingerprint density at radius 2 is 1.70 bits per heavy atom. The summed E-state index contributed by atoms with van der Waals surface area (Å²) in [6.45, 7) is 4.73. The third kappa shape index (κ3) is 7.30. The van der Waals surface area contributed by atoms with Crippen molar-refractivity contribution in [2.75, 3.05) is 13.2 Å². The molecule has 1 aromatic heterocycles. The van der Waals surface area contributed by atoms with E-state index in [1.54, 1.807) is 6.07 Å². The zero-order chi connectivity index (χ0) is 22.3. The van der Waals surface area contributed by atoms with Crippen LogP contribution in [0, 0.1) is 0 Å². The number of nitrogens with two attached hydrogens (primary N) is 2. The number of halogens is 2. The smallest absolute Gasteiger partial charge is 0.404 e. The fourth-order valence-electron chi connectivity index (χ4n) is 2.75. The average molecular weight is 475 g/mol. The number of amides is 2. The van der Waals surface area contributed by atoms with Crippen LogP contribution in [0.25, 0.3) is 0 Å². The zero-order valence-corrected chi connectivity index (χ0v) is 19.0. The minimum Gasteiger partial charge on any atom is -0.450 e. The summed E-state index contributed by atoms with van der Waals surface area (Å²) in [5.41, 5.74) is 11.0. The molecule has 2 amide bonds.